The Bertz CT molecular complexity index is 171. The second-order valence-corrected chi connectivity index (χ2v) is 4.07. The van der Waals surface area contributed by atoms with Gasteiger partial charge in [-0.3, -0.25) is 4.79 Å². The van der Waals surface area contributed by atoms with Gasteiger partial charge in [0.05, 0.1) is 6.04 Å². The third kappa shape index (κ3) is 5.38. The highest BCUT2D eigenvalue weighted by Gasteiger charge is 2.24. The minimum Gasteiger partial charge on any atom is -0.354 e. The van der Waals surface area contributed by atoms with Crippen LogP contribution in [0.2, 0.25) is 0 Å². The second-order valence-electron chi connectivity index (χ2n) is 4.07. The number of nitrogens with one attached hydrogen (secondary N) is 1. The number of nitrogens with two attached hydrogens (primary N) is 1. The SMILES string of the molecule is CCC(CC)(CC)CNC(=O)[C@H](C)N.Cl. The quantitative estimate of drug-likeness (QED) is 0.742. The van der Waals surface area contributed by atoms with Crippen molar-refractivity contribution in [2.75, 3.05) is 6.54 Å². The fourth-order valence-electron chi connectivity index (χ4n) is 1.56. The van der Waals surface area contributed by atoms with Crippen LogP contribution in [0, 0.1) is 5.41 Å². The number of halogens is 1. The first-order chi connectivity index (χ1) is 6.51. The van der Waals surface area contributed by atoms with E-state index in [2.05, 4.69) is 26.1 Å². The second kappa shape index (κ2) is 7.94. The molecule has 0 aromatic carbocycles. The van der Waals surface area contributed by atoms with E-state index in [1.54, 1.807) is 6.92 Å². The molecule has 0 aliphatic heterocycles. The van der Waals surface area contributed by atoms with Crippen LogP contribution in [-0.2, 0) is 4.79 Å². The van der Waals surface area contributed by atoms with Crippen molar-refractivity contribution >= 4 is 18.3 Å². The van der Waals surface area contributed by atoms with Gasteiger partial charge >= 0.3 is 0 Å². The summed E-state index contributed by atoms with van der Waals surface area (Å²) in [5.74, 6) is -0.0512. The zero-order valence-corrected chi connectivity index (χ0v) is 11.1. The molecule has 0 rings (SSSR count). The van der Waals surface area contributed by atoms with Gasteiger partial charge in [0.15, 0.2) is 0 Å². The monoisotopic (exact) mass is 236 g/mol. The van der Waals surface area contributed by atoms with Crippen LogP contribution < -0.4 is 11.1 Å². The molecule has 3 N–H and O–H groups in total. The summed E-state index contributed by atoms with van der Waals surface area (Å²) in [6.07, 6.45) is 3.29. The molecule has 3 nitrogen and oxygen atoms in total. The maximum Gasteiger partial charge on any atom is 0.236 e. The predicted molar refractivity (Wildman–Crippen MR) is 67.2 cm³/mol. The molecule has 1 amide bonds. The highest BCUT2D eigenvalue weighted by molar-refractivity contribution is 5.85. The third-order valence-corrected chi connectivity index (χ3v) is 3.30. The van der Waals surface area contributed by atoms with E-state index in [-0.39, 0.29) is 23.7 Å². The standard InChI is InChI=1S/C11H24N2O.ClH/c1-5-11(6-2,7-3)8-13-10(14)9(4)12;/h9H,5-8,12H2,1-4H3,(H,13,14);1H/t9-;/m0./s1. The topological polar surface area (TPSA) is 55.1 Å². The Morgan fingerprint density at radius 3 is 1.93 bits per heavy atom. The van der Waals surface area contributed by atoms with Gasteiger partial charge in [-0.1, -0.05) is 20.8 Å². The van der Waals surface area contributed by atoms with Crippen molar-refractivity contribution < 1.29 is 4.79 Å². The zero-order chi connectivity index (χ0) is 11.2. The smallest absolute Gasteiger partial charge is 0.236 e. The summed E-state index contributed by atoms with van der Waals surface area (Å²) < 4.78 is 0. The fourth-order valence-corrected chi connectivity index (χ4v) is 1.56. The fraction of sp³-hybridized carbons (Fsp3) is 0.909. The van der Waals surface area contributed by atoms with Gasteiger partial charge in [0.1, 0.15) is 0 Å². The molecule has 15 heavy (non-hydrogen) atoms. The lowest BCUT2D eigenvalue weighted by molar-refractivity contribution is -0.122. The van der Waals surface area contributed by atoms with Crippen LogP contribution in [0.5, 0.6) is 0 Å². The van der Waals surface area contributed by atoms with E-state index in [4.69, 9.17) is 5.73 Å². The van der Waals surface area contributed by atoms with Gasteiger partial charge in [-0.2, -0.15) is 0 Å². The molecule has 0 spiro atoms. The summed E-state index contributed by atoms with van der Waals surface area (Å²) >= 11 is 0. The number of carbonyl (C=O) groups is 1. The summed E-state index contributed by atoms with van der Waals surface area (Å²) in [4.78, 5) is 11.3. The largest absolute Gasteiger partial charge is 0.354 e. The van der Waals surface area contributed by atoms with Crippen molar-refractivity contribution in [1.29, 1.82) is 0 Å². The molecule has 0 aliphatic carbocycles. The van der Waals surface area contributed by atoms with Gasteiger partial charge < -0.3 is 11.1 Å². The molecule has 0 radical (unpaired) electrons. The molecule has 0 aromatic heterocycles. The number of hydrogen-bond acceptors (Lipinski definition) is 2. The molecule has 0 unspecified atom stereocenters. The lowest BCUT2D eigenvalue weighted by Gasteiger charge is -2.30. The summed E-state index contributed by atoms with van der Waals surface area (Å²) in [6.45, 7) is 8.97. The lowest BCUT2D eigenvalue weighted by Crippen LogP contribution is -2.43. The Balaban J connectivity index is 0. The summed E-state index contributed by atoms with van der Waals surface area (Å²) in [5.41, 5.74) is 5.73. The first kappa shape index (κ1) is 17.1. The van der Waals surface area contributed by atoms with Crippen LogP contribution in [0.25, 0.3) is 0 Å². The van der Waals surface area contributed by atoms with Crippen LogP contribution in [0.15, 0.2) is 0 Å². The first-order valence-electron chi connectivity index (χ1n) is 5.54. The molecular weight excluding hydrogens is 212 g/mol. The van der Waals surface area contributed by atoms with Crippen LogP contribution in [0.3, 0.4) is 0 Å². The molecule has 0 bridgehead atoms. The molecule has 0 fully saturated rings. The van der Waals surface area contributed by atoms with E-state index in [1.807, 2.05) is 0 Å². The van der Waals surface area contributed by atoms with Gasteiger partial charge in [-0.25, -0.2) is 0 Å². The Kier molecular flexibility index (Phi) is 9.07. The van der Waals surface area contributed by atoms with E-state index >= 15 is 0 Å². The maximum atomic E-state index is 11.3. The minimum atomic E-state index is -0.404. The van der Waals surface area contributed by atoms with E-state index in [0.717, 1.165) is 25.8 Å². The molecule has 0 saturated heterocycles. The van der Waals surface area contributed by atoms with Gasteiger partial charge in [0.25, 0.3) is 0 Å². The third-order valence-electron chi connectivity index (χ3n) is 3.30. The number of amides is 1. The van der Waals surface area contributed by atoms with Gasteiger partial charge in [-0.05, 0) is 31.6 Å². The number of hydrogen-bond donors (Lipinski definition) is 2. The number of rotatable bonds is 6. The lowest BCUT2D eigenvalue weighted by atomic mass is 9.80. The maximum absolute atomic E-state index is 11.3. The Hall–Kier alpha value is -0.280. The van der Waals surface area contributed by atoms with Crippen molar-refractivity contribution in [3.05, 3.63) is 0 Å². The van der Waals surface area contributed by atoms with E-state index in [0.29, 0.717) is 0 Å². The normalized spacial score (nSPS) is 12.9. The first-order valence-corrected chi connectivity index (χ1v) is 5.54. The zero-order valence-electron chi connectivity index (χ0n) is 10.3. The average Bonchev–Trinajstić information content (AvgIpc) is 2.20. The molecular formula is C11H25ClN2O. The molecule has 0 aliphatic rings. The minimum absolute atomic E-state index is 0. The summed E-state index contributed by atoms with van der Waals surface area (Å²) in [7, 11) is 0. The average molecular weight is 237 g/mol. The summed E-state index contributed by atoms with van der Waals surface area (Å²) in [6, 6.07) is -0.404. The van der Waals surface area contributed by atoms with Crippen molar-refractivity contribution in [2.24, 2.45) is 11.1 Å². The van der Waals surface area contributed by atoms with Gasteiger partial charge in [0.2, 0.25) is 5.91 Å². The predicted octanol–water partition coefficient (Wildman–Crippen LogP) is 2.09. The van der Waals surface area contributed by atoms with Crippen molar-refractivity contribution in [3.63, 3.8) is 0 Å². The Labute approximate surface area is 99.6 Å². The Morgan fingerprint density at radius 2 is 1.67 bits per heavy atom. The summed E-state index contributed by atoms with van der Waals surface area (Å²) in [5, 5.41) is 2.91. The highest BCUT2D eigenvalue weighted by Crippen LogP contribution is 2.29. The highest BCUT2D eigenvalue weighted by atomic mass is 35.5. The molecule has 0 aromatic rings. The van der Waals surface area contributed by atoms with Crippen LogP contribution in [0.1, 0.15) is 47.0 Å². The molecule has 92 valence electrons. The van der Waals surface area contributed by atoms with E-state index in [9.17, 15) is 4.79 Å². The number of carbonyl (C=O) groups excluding carboxylic acids is 1. The Morgan fingerprint density at radius 1 is 1.27 bits per heavy atom. The molecule has 1 atom stereocenters. The van der Waals surface area contributed by atoms with Crippen LogP contribution >= 0.6 is 12.4 Å². The van der Waals surface area contributed by atoms with Crippen molar-refractivity contribution in [3.8, 4) is 0 Å². The molecule has 0 heterocycles. The van der Waals surface area contributed by atoms with Crippen molar-refractivity contribution in [1.82, 2.24) is 5.32 Å². The van der Waals surface area contributed by atoms with Crippen LogP contribution in [0.4, 0.5) is 0 Å². The van der Waals surface area contributed by atoms with Crippen molar-refractivity contribution in [2.45, 2.75) is 53.0 Å². The van der Waals surface area contributed by atoms with E-state index in [1.165, 1.54) is 0 Å². The molecule has 4 heteroatoms. The van der Waals surface area contributed by atoms with Crippen LogP contribution in [-0.4, -0.2) is 18.5 Å². The molecule has 0 saturated carbocycles. The van der Waals surface area contributed by atoms with E-state index < -0.39 is 6.04 Å². The van der Waals surface area contributed by atoms with Gasteiger partial charge in [-0.15, -0.1) is 12.4 Å². The van der Waals surface area contributed by atoms with Gasteiger partial charge in [0, 0.05) is 6.54 Å².